The molecule has 0 saturated carbocycles. The molecular formula is C24H24N4O2S. The minimum Gasteiger partial charge on any atom is -0.356 e. The van der Waals surface area contributed by atoms with Gasteiger partial charge in [0.15, 0.2) is 5.58 Å². The number of hydrogen-bond acceptors (Lipinski definition) is 6. The van der Waals surface area contributed by atoms with Crippen molar-refractivity contribution in [3.05, 3.63) is 59.6 Å². The first-order chi connectivity index (χ1) is 15.1. The lowest BCUT2D eigenvalue weighted by Crippen LogP contribution is -2.44. The number of carbonyl (C=O) groups excluding carboxylic acids is 1. The second-order valence-electron chi connectivity index (χ2n) is 8.12. The van der Waals surface area contributed by atoms with Crippen LogP contribution in [0.2, 0.25) is 0 Å². The van der Waals surface area contributed by atoms with Crippen molar-refractivity contribution in [2.45, 2.75) is 18.9 Å². The lowest BCUT2D eigenvalue weighted by atomic mass is 10.0. The molecule has 1 amide bonds. The van der Waals surface area contributed by atoms with Crippen molar-refractivity contribution in [2.75, 3.05) is 27.2 Å². The predicted molar refractivity (Wildman–Crippen MR) is 123 cm³/mol. The molecule has 7 heteroatoms. The van der Waals surface area contributed by atoms with Crippen LogP contribution in [0.3, 0.4) is 0 Å². The summed E-state index contributed by atoms with van der Waals surface area (Å²) < 4.78 is 5.60. The van der Waals surface area contributed by atoms with E-state index in [0.29, 0.717) is 27.2 Å². The first kappa shape index (κ1) is 19.9. The van der Waals surface area contributed by atoms with Crippen LogP contribution in [0.1, 0.15) is 22.5 Å². The molecule has 4 aromatic rings. The Morgan fingerprint density at radius 2 is 1.87 bits per heavy atom. The zero-order chi connectivity index (χ0) is 21.4. The lowest BCUT2D eigenvalue weighted by Gasteiger charge is -2.34. The fourth-order valence-electron chi connectivity index (χ4n) is 4.13. The van der Waals surface area contributed by atoms with Gasteiger partial charge in [-0.25, -0.2) is 4.98 Å². The highest BCUT2D eigenvalue weighted by Gasteiger charge is 2.26. The molecule has 0 aliphatic carbocycles. The smallest absolute Gasteiger partial charge is 0.265 e. The number of hydrogen-bond donors (Lipinski definition) is 0. The van der Waals surface area contributed by atoms with Crippen LogP contribution >= 0.6 is 11.3 Å². The molecule has 6 nitrogen and oxygen atoms in total. The van der Waals surface area contributed by atoms with E-state index in [1.165, 1.54) is 11.3 Å². The summed E-state index contributed by atoms with van der Waals surface area (Å²) in [6.07, 6.45) is 3.67. The summed E-state index contributed by atoms with van der Waals surface area (Å²) in [5.74, 6) is 0.0557. The summed E-state index contributed by atoms with van der Waals surface area (Å²) in [6.45, 7) is 1.56. The van der Waals surface area contributed by atoms with E-state index < -0.39 is 0 Å². The van der Waals surface area contributed by atoms with Crippen LogP contribution in [0.15, 0.2) is 59.3 Å². The predicted octanol–water partition coefficient (Wildman–Crippen LogP) is 4.78. The quantitative estimate of drug-likeness (QED) is 0.464. The van der Waals surface area contributed by atoms with Crippen LogP contribution in [0.4, 0.5) is 0 Å². The van der Waals surface area contributed by atoms with Gasteiger partial charge in [-0.05, 0) is 50.2 Å². The van der Waals surface area contributed by atoms with Crippen molar-refractivity contribution in [2.24, 2.45) is 0 Å². The van der Waals surface area contributed by atoms with Crippen molar-refractivity contribution in [1.29, 1.82) is 0 Å². The average Bonchev–Trinajstić information content (AvgIpc) is 3.46. The maximum absolute atomic E-state index is 13.0. The Morgan fingerprint density at radius 3 is 2.61 bits per heavy atom. The average molecular weight is 433 g/mol. The Morgan fingerprint density at radius 1 is 1.10 bits per heavy atom. The molecular weight excluding hydrogens is 408 g/mol. The lowest BCUT2D eigenvalue weighted by molar-refractivity contribution is 0.0668. The zero-order valence-electron chi connectivity index (χ0n) is 17.6. The second kappa shape index (κ2) is 8.24. The Balaban J connectivity index is 1.36. The van der Waals surface area contributed by atoms with Crippen LogP contribution in [-0.2, 0) is 0 Å². The Hall–Kier alpha value is -3.03. The summed E-state index contributed by atoms with van der Waals surface area (Å²) in [4.78, 5) is 22.3. The van der Waals surface area contributed by atoms with Crippen LogP contribution in [0.25, 0.3) is 32.8 Å². The number of nitrogens with zero attached hydrogens (tertiary/aromatic N) is 4. The molecule has 1 fully saturated rings. The van der Waals surface area contributed by atoms with Gasteiger partial charge in [-0.15, -0.1) is 11.3 Å². The number of thiazole rings is 1. The van der Waals surface area contributed by atoms with E-state index in [4.69, 9.17) is 4.52 Å². The van der Waals surface area contributed by atoms with E-state index in [-0.39, 0.29) is 5.91 Å². The molecule has 1 aliphatic rings. The molecule has 0 spiro atoms. The third-order valence-corrected chi connectivity index (χ3v) is 6.97. The molecule has 2 aromatic carbocycles. The van der Waals surface area contributed by atoms with E-state index in [9.17, 15) is 4.79 Å². The molecule has 2 aromatic heterocycles. The first-order valence-electron chi connectivity index (χ1n) is 10.5. The standard InChI is InChI=1S/C24H24N4O2S/c1-27(2)18-10-12-28(13-11-18)24(29)21-15-25-23(31-21)22-19-9-8-17(14-20(19)30-26-22)16-6-4-3-5-7-16/h3-9,14-15,18H,10-13H2,1-2H3. The first-order valence-corrected chi connectivity index (χ1v) is 11.3. The van der Waals surface area contributed by atoms with Gasteiger partial charge in [0.1, 0.15) is 15.6 Å². The number of carbonyl (C=O) groups is 1. The maximum atomic E-state index is 13.0. The van der Waals surface area contributed by atoms with E-state index in [1.54, 1.807) is 6.20 Å². The molecule has 158 valence electrons. The van der Waals surface area contributed by atoms with Gasteiger partial charge in [-0.1, -0.05) is 41.6 Å². The normalized spacial score (nSPS) is 15.1. The van der Waals surface area contributed by atoms with Crippen molar-refractivity contribution in [1.82, 2.24) is 19.9 Å². The van der Waals surface area contributed by atoms with E-state index >= 15 is 0 Å². The van der Waals surface area contributed by atoms with E-state index in [0.717, 1.165) is 42.4 Å². The Bertz CT molecular complexity index is 1210. The monoisotopic (exact) mass is 432 g/mol. The maximum Gasteiger partial charge on any atom is 0.265 e. The summed E-state index contributed by atoms with van der Waals surface area (Å²) in [6, 6.07) is 16.8. The highest BCUT2D eigenvalue weighted by Crippen LogP contribution is 2.34. The van der Waals surface area contributed by atoms with Gasteiger partial charge in [-0.3, -0.25) is 4.79 Å². The Kier molecular flexibility index (Phi) is 5.29. The molecule has 0 unspecified atom stereocenters. The molecule has 0 radical (unpaired) electrons. The van der Waals surface area contributed by atoms with Gasteiger partial charge in [0.25, 0.3) is 5.91 Å². The van der Waals surface area contributed by atoms with Crippen LogP contribution in [-0.4, -0.2) is 59.1 Å². The van der Waals surface area contributed by atoms with Crippen molar-refractivity contribution >= 4 is 28.2 Å². The molecule has 0 N–H and O–H groups in total. The van der Waals surface area contributed by atoms with Gasteiger partial charge < -0.3 is 14.3 Å². The van der Waals surface area contributed by atoms with Crippen molar-refractivity contribution in [3.63, 3.8) is 0 Å². The molecule has 3 heterocycles. The Labute approximate surface area is 185 Å². The van der Waals surface area contributed by atoms with E-state index in [2.05, 4.69) is 47.3 Å². The molecule has 0 atom stereocenters. The topological polar surface area (TPSA) is 62.5 Å². The number of benzene rings is 2. The summed E-state index contributed by atoms with van der Waals surface area (Å²) >= 11 is 1.38. The van der Waals surface area contributed by atoms with Crippen molar-refractivity contribution in [3.8, 4) is 21.8 Å². The second-order valence-corrected chi connectivity index (χ2v) is 9.16. The SMILES string of the molecule is CN(C)C1CCN(C(=O)c2cnc(-c3noc4cc(-c5ccccc5)ccc34)s2)CC1. The van der Waals surface area contributed by atoms with Crippen LogP contribution in [0, 0.1) is 0 Å². The summed E-state index contributed by atoms with van der Waals surface area (Å²) in [5, 5.41) is 5.87. The van der Waals surface area contributed by atoms with Crippen LogP contribution in [0.5, 0.6) is 0 Å². The summed E-state index contributed by atoms with van der Waals surface area (Å²) in [5.41, 5.74) is 3.60. The highest BCUT2D eigenvalue weighted by molar-refractivity contribution is 7.17. The van der Waals surface area contributed by atoms with Crippen molar-refractivity contribution < 1.29 is 9.32 Å². The van der Waals surface area contributed by atoms with Gasteiger partial charge in [0, 0.05) is 19.1 Å². The summed E-state index contributed by atoms with van der Waals surface area (Å²) in [7, 11) is 4.20. The van der Waals surface area contributed by atoms with Crippen LogP contribution < -0.4 is 0 Å². The number of aromatic nitrogens is 2. The van der Waals surface area contributed by atoms with Gasteiger partial charge >= 0.3 is 0 Å². The number of likely N-dealkylation sites (tertiary alicyclic amines) is 1. The number of fused-ring (bicyclic) bond motifs is 1. The largest absolute Gasteiger partial charge is 0.356 e. The minimum absolute atomic E-state index is 0.0557. The van der Waals surface area contributed by atoms with Gasteiger partial charge in [0.05, 0.1) is 11.6 Å². The molecule has 1 aliphatic heterocycles. The third kappa shape index (κ3) is 3.86. The molecule has 31 heavy (non-hydrogen) atoms. The zero-order valence-corrected chi connectivity index (χ0v) is 18.4. The number of amides is 1. The molecule has 1 saturated heterocycles. The fraction of sp³-hybridized carbons (Fsp3) is 0.292. The third-order valence-electron chi connectivity index (χ3n) is 5.98. The molecule has 0 bridgehead atoms. The van der Waals surface area contributed by atoms with Gasteiger partial charge in [0.2, 0.25) is 0 Å². The van der Waals surface area contributed by atoms with Gasteiger partial charge in [-0.2, -0.15) is 0 Å². The number of piperidine rings is 1. The van der Waals surface area contributed by atoms with E-state index in [1.807, 2.05) is 35.2 Å². The highest BCUT2D eigenvalue weighted by atomic mass is 32.1. The number of rotatable bonds is 4. The minimum atomic E-state index is 0.0557. The fourth-order valence-corrected chi connectivity index (χ4v) is 5.00. The molecule has 5 rings (SSSR count).